The van der Waals surface area contributed by atoms with Crippen molar-refractivity contribution in [1.29, 1.82) is 0 Å². The van der Waals surface area contributed by atoms with Crippen molar-refractivity contribution in [3.05, 3.63) is 33.1 Å². The van der Waals surface area contributed by atoms with Crippen LogP contribution in [0, 0.1) is 15.9 Å². The molecule has 5 nitrogen and oxygen atoms in total. The highest BCUT2D eigenvalue weighted by atomic mass is 35.5. The summed E-state index contributed by atoms with van der Waals surface area (Å²) < 4.78 is 50.0. The Bertz CT molecular complexity index is 589. The minimum absolute atomic E-state index is 0.108. The molecule has 1 heterocycles. The second-order valence-corrected chi connectivity index (χ2v) is 5.61. The van der Waals surface area contributed by atoms with Crippen molar-refractivity contribution in [2.75, 3.05) is 37.6 Å². The first-order valence-corrected chi connectivity index (χ1v) is 7.22. The molecular weight excluding hydrogens is 342 g/mol. The maximum atomic E-state index is 13.4. The van der Waals surface area contributed by atoms with Gasteiger partial charge in [0.15, 0.2) is 0 Å². The predicted octanol–water partition coefficient (Wildman–Crippen LogP) is 3.46. The summed E-state index contributed by atoms with van der Waals surface area (Å²) in [6, 6.07) is 1.94. The van der Waals surface area contributed by atoms with E-state index in [9.17, 15) is 27.7 Å². The molecular formula is C13H14ClF4N3O2. The first-order valence-electron chi connectivity index (χ1n) is 6.85. The summed E-state index contributed by atoms with van der Waals surface area (Å²) in [5.41, 5.74) is -0.229. The number of nitro benzene ring substituents is 1. The highest BCUT2D eigenvalue weighted by molar-refractivity contribution is 6.31. The number of benzene rings is 1. The van der Waals surface area contributed by atoms with Gasteiger partial charge in [0.05, 0.1) is 22.4 Å². The summed E-state index contributed by atoms with van der Waals surface area (Å²) in [4.78, 5) is 13.6. The zero-order chi connectivity index (χ0) is 17.2. The van der Waals surface area contributed by atoms with Gasteiger partial charge in [-0.15, -0.1) is 0 Å². The molecule has 1 aromatic carbocycles. The highest BCUT2D eigenvalue weighted by Gasteiger charge is 2.30. The monoisotopic (exact) mass is 355 g/mol. The van der Waals surface area contributed by atoms with Crippen molar-refractivity contribution in [2.24, 2.45) is 0 Å². The summed E-state index contributed by atoms with van der Waals surface area (Å²) in [5, 5.41) is 10.8. The molecule has 0 unspecified atom stereocenters. The van der Waals surface area contributed by atoms with Crippen molar-refractivity contribution in [3.63, 3.8) is 0 Å². The average Bonchev–Trinajstić information content (AvgIpc) is 2.47. The van der Waals surface area contributed by atoms with Crippen molar-refractivity contribution in [2.45, 2.75) is 12.6 Å². The van der Waals surface area contributed by atoms with Gasteiger partial charge in [0.2, 0.25) is 0 Å². The van der Waals surface area contributed by atoms with Crippen LogP contribution in [0.25, 0.3) is 0 Å². The fraction of sp³-hybridized carbons (Fsp3) is 0.538. The molecule has 1 fully saturated rings. The average molecular weight is 356 g/mol. The standard InChI is InChI=1S/C13H14ClF4N3O2/c14-9-7-11(12(21(22)23)8-10(9)15)20-5-3-19(4-6-20)2-1-13(16,17)18/h7-8H,1-6H2. The van der Waals surface area contributed by atoms with Crippen LogP contribution >= 0.6 is 11.6 Å². The zero-order valence-corrected chi connectivity index (χ0v) is 12.7. The number of nitro groups is 1. The van der Waals surface area contributed by atoms with Crippen molar-refractivity contribution < 1.29 is 22.5 Å². The van der Waals surface area contributed by atoms with Crippen LogP contribution in [-0.2, 0) is 0 Å². The minimum atomic E-state index is -4.21. The highest BCUT2D eigenvalue weighted by Crippen LogP contribution is 2.33. The van der Waals surface area contributed by atoms with Crippen LogP contribution in [-0.4, -0.2) is 48.7 Å². The second kappa shape index (κ2) is 6.88. The third-order valence-electron chi connectivity index (χ3n) is 3.64. The summed E-state index contributed by atoms with van der Waals surface area (Å²) in [5.74, 6) is -0.883. The van der Waals surface area contributed by atoms with E-state index in [0.29, 0.717) is 26.2 Å². The number of nitrogens with zero attached hydrogens (tertiary/aromatic N) is 3. The third kappa shape index (κ3) is 4.68. The SMILES string of the molecule is O=[N+]([O-])c1cc(F)c(Cl)cc1N1CCN(CCC(F)(F)F)CC1. The van der Waals surface area contributed by atoms with Gasteiger partial charge in [-0.3, -0.25) is 15.0 Å². The molecule has 0 radical (unpaired) electrons. The van der Waals surface area contributed by atoms with Crippen molar-refractivity contribution >= 4 is 23.0 Å². The Morgan fingerprint density at radius 3 is 2.35 bits per heavy atom. The van der Waals surface area contributed by atoms with Crippen LogP contribution in [0.2, 0.25) is 5.02 Å². The summed E-state index contributed by atoms with van der Waals surface area (Å²) >= 11 is 5.68. The van der Waals surface area contributed by atoms with Gasteiger partial charge in [-0.25, -0.2) is 4.39 Å². The number of alkyl halides is 3. The lowest BCUT2D eigenvalue weighted by molar-refractivity contribution is -0.384. The van der Waals surface area contributed by atoms with Gasteiger partial charge < -0.3 is 4.90 Å². The summed E-state index contributed by atoms with van der Waals surface area (Å²) in [6.45, 7) is 1.18. The molecule has 0 aromatic heterocycles. The Hall–Kier alpha value is -1.61. The minimum Gasteiger partial charge on any atom is -0.363 e. The molecule has 0 atom stereocenters. The largest absolute Gasteiger partial charge is 0.390 e. The van der Waals surface area contributed by atoms with Crippen LogP contribution in [0.4, 0.5) is 28.9 Å². The molecule has 0 aliphatic carbocycles. The Morgan fingerprint density at radius 2 is 1.83 bits per heavy atom. The Morgan fingerprint density at radius 1 is 1.22 bits per heavy atom. The van der Waals surface area contributed by atoms with E-state index in [1.807, 2.05) is 0 Å². The molecule has 0 saturated carbocycles. The van der Waals surface area contributed by atoms with Gasteiger partial charge >= 0.3 is 6.18 Å². The smallest absolute Gasteiger partial charge is 0.363 e. The van der Waals surface area contributed by atoms with Gasteiger partial charge in [-0.2, -0.15) is 13.2 Å². The van der Waals surface area contributed by atoms with Crippen LogP contribution in [0.5, 0.6) is 0 Å². The number of anilines is 1. The zero-order valence-electron chi connectivity index (χ0n) is 11.9. The second-order valence-electron chi connectivity index (χ2n) is 5.21. The normalized spacial score (nSPS) is 16.7. The number of piperazine rings is 1. The molecule has 1 aliphatic rings. The predicted molar refractivity (Wildman–Crippen MR) is 77.4 cm³/mol. The van der Waals surface area contributed by atoms with E-state index in [2.05, 4.69) is 0 Å². The van der Waals surface area contributed by atoms with Crippen LogP contribution in [0.3, 0.4) is 0 Å². The Labute approximate surface area is 134 Å². The van der Waals surface area contributed by atoms with Crippen molar-refractivity contribution in [3.8, 4) is 0 Å². The fourth-order valence-corrected chi connectivity index (χ4v) is 2.58. The van der Waals surface area contributed by atoms with E-state index < -0.39 is 29.0 Å². The lowest BCUT2D eigenvalue weighted by Gasteiger charge is -2.35. The molecule has 2 rings (SSSR count). The molecule has 10 heteroatoms. The number of halogens is 5. The first-order chi connectivity index (χ1) is 10.7. The van der Waals surface area contributed by atoms with E-state index in [4.69, 9.17) is 11.6 Å². The van der Waals surface area contributed by atoms with Gasteiger partial charge in [0, 0.05) is 32.7 Å². The van der Waals surface area contributed by atoms with E-state index in [1.54, 1.807) is 9.80 Å². The number of rotatable bonds is 4. The molecule has 128 valence electrons. The van der Waals surface area contributed by atoms with Gasteiger partial charge in [-0.1, -0.05) is 11.6 Å². The van der Waals surface area contributed by atoms with Crippen LogP contribution in [0.15, 0.2) is 12.1 Å². The maximum Gasteiger partial charge on any atom is 0.390 e. The van der Waals surface area contributed by atoms with Gasteiger partial charge in [0.1, 0.15) is 11.5 Å². The third-order valence-corrected chi connectivity index (χ3v) is 3.93. The molecule has 1 saturated heterocycles. The number of hydrogen-bond donors (Lipinski definition) is 0. The van der Waals surface area contributed by atoms with E-state index in [0.717, 1.165) is 6.07 Å². The van der Waals surface area contributed by atoms with E-state index in [-0.39, 0.29) is 17.3 Å². The van der Waals surface area contributed by atoms with Gasteiger partial charge in [-0.05, 0) is 6.07 Å². The lowest BCUT2D eigenvalue weighted by Crippen LogP contribution is -2.47. The van der Waals surface area contributed by atoms with E-state index >= 15 is 0 Å². The fourth-order valence-electron chi connectivity index (χ4n) is 2.42. The topological polar surface area (TPSA) is 49.6 Å². The Kier molecular flexibility index (Phi) is 5.30. The Balaban J connectivity index is 2.05. The maximum absolute atomic E-state index is 13.4. The first kappa shape index (κ1) is 17.7. The molecule has 1 aromatic rings. The quantitative estimate of drug-likeness (QED) is 0.471. The van der Waals surface area contributed by atoms with Crippen LogP contribution in [0.1, 0.15) is 6.42 Å². The molecule has 0 amide bonds. The van der Waals surface area contributed by atoms with E-state index in [1.165, 1.54) is 6.07 Å². The van der Waals surface area contributed by atoms with Crippen LogP contribution < -0.4 is 4.90 Å². The molecule has 23 heavy (non-hydrogen) atoms. The molecule has 0 bridgehead atoms. The summed E-state index contributed by atoms with van der Waals surface area (Å²) in [6.07, 6.45) is -5.10. The van der Waals surface area contributed by atoms with Gasteiger partial charge in [0.25, 0.3) is 5.69 Å². The molecule has 0 spiro atoms. The molecule has 0 N–H and O–H groups in total. The van der Waals surface area contributed by atoms with Crippen molar-refractivity contribution in [1.82, 2.24) is 4.90 Å². The molecule has 1 aliphatic heterocycles. The lowest BCUT2D eigenvalue weighted by atomic mass is 10.2. The number of hydrogen-bond acceptors (Lipinski definition) is 4. The summed E-state index contributed by atoms with van der Waals surface area (Å²) in [7, 11) is 0.